The number of nitrogens with one attached hydrogen (secondary N) is 1. The fourth-order valence-corrected chi connectivity index (χ4v) is 2.66. The molecule has 4 heteroatoms. The smallest absolute Gasteiger partial charge is 0.0643 e. The van der Waals surface area contributed by atoms with Gasteiger partial charge in [0.15, 0.2) is 0 Å². The van der Waals surface area contributed by atoms with Gasteiger partial charge in [0.05, 0.1) is 23.9 Å². The Morgan fingerprint density at radius 1 is 1.25 bits per heavy atom. The van der Waals surface area contributed by atoms with E-state index in [2.05, 4.69) is 22.3 Å². The van der Waals surface area contributed by atoms with Crippen molar-refractivity contribution in [2.24, 2.45) is 0 Å². The first-order valence-corrected chi connectivity index (χ1v) is 6.11. The highest BCUT2D eigenvalue weighted by molar-refractivity contribution is 6.33. The van der Waals surface area contributed by atoms with Crippen LogP contribution in [0.1, 0.15) is 5.56 Å². The molecule has 0 atom stereocenters. The van der Waals surface area contributed by atoms with Crippen LogP contribution >= 0.6 is 11.6 Å². The minimum Gasteiger partial charge on any atom is -0.384 e. The number of halogens is 1. The maximum atomic E-state index is 6.33. The zero-order valence-electron chi connectivity index (χ0n) is 9.13. The predicted octanol–water partition coefficient (Wildman–Crippen LogP) is 2.14. The van der Waals surface area contributed by atoms with Crippen LogP contribution in [-0.2, 0) is 11.2 Å². The molecule has 86 valence electrons. The van der Waals surface area contributed by atoms with Crippen molar-refractivity contribution in [2.75, 3.05) is 43.1 Å². The number of hydrogen-bond acceptors (Lipinski definition) is 3. The van der Waals surface area contributed by atoms with Crippen molar-refractivity contribution in [2.45, 2.75) is 6.42 Å². The fourth-order valence-electron chi connectivity index (χ4n) is 2.35. The van der Waals surface area contributed by atoms with Gasteiger partial charge in [-0.25, -0.2) is 0 Å². The average Bonchev–Trinajstić information content (AvgIpc) is 2.76. The van der Waals surface area contributed by atoms with Crippen LogP contribution in [0.15, 0.2) is 12.1 Å². The van der Waals surface area contributed by atoms with E-state index in [1.807, 2.05) is 0 Å². The summed E-state index contributed by atoms with van der Waals surface area (Å²) in [6, 6.07) is 4.28. The summed E-state index contributed by atoms with van der Waals surface area (Å²) < 4.78 is 5.35. The first kappa shape index (κ1) is 10.2. The average molecular weight is 239 g/mol. The van der Waals surface area contributed by atoms with Gasteiger partial charge in [-0.3, -0.25) is 0 Å². The molecule has 0 unspecified atom stereocenters. The highest BCUT2D eigenvalue weighted by atomic mass is 35.5. The minimum absolute atomic E-state index is 0.793. The lowest BCUT2D eigenvalue weighted by Gasteiger charge is -2.30. The topological polar surface area (TPSA) is 24.5 Å². The molecule has 2 aliphatic heterocycles. The van der Waals surface area contributed by atoms with Crippen molar-refractivity contribution in [1.82, 2.24) is 0 Å². The standard InChI is InChI=1S/C12H15ClN2O/c13-10-7-9-1-2-14-11(9)8-12(10)15-3-5-16-6-4-15/h7-8,14H,1-6H2. The van der Waals surface area contributed by atoms with Gasteiger partial charge >= 0.3 is 0 Å². The molecule has 0 radical (unpaired) electrons. The van der Waals surface area contributed by atoms with E-state index in [-0.39, 0.29) is 0 Å². The lowest BCUT2D eigenvalue weighted by atomic mass is 10.1. The number of fused-ring (bicyclic) bond motifs is 1. The summed E-state index contributed by atoms with van der Waals surface area (Å²) in [7, 11) is 0. The van der Waals surface area contributed by atoms with E-state index < -0.39 is 0 Å². The fraction of sp³-hybridized carbons (Fsp3) is 0.500. The number of morpholine rings is 1. The molecule has 0 aromatic heterocycles. The second-order valence-electron chi connectivity index (χ2n) is 4.24. The minimum atomic E-state index is 0.793. The Kier molecular flexibility index (Phi) is 2.65. The monoisotopic (exact) mass is 238 g/mol. The van der Waals surface area contributed by atoms with E-state index in [9.17, 15) is 0 Å². The lowest BCUT2D eigenvalue weighted by Crippen LogP contribution is -2.36. The first-order valence-electron chi connectivity index (χ1n) is 5.73. The molecule has 3 rings (SSSR count). The highest BCUT2D eigenvalue weighted by Crippen LogP contribution is 2.34. The van der Waals surface area contributed by atoms with Gasteiger partial charge in [-0.2, -0.15) is 0 Å². The van der Waals surface area contributed by atoms with Crippen LogP contribution in [0.2, 0.25) is 5.02 Å². The zero-order chi connectivity index (χ0) is 11.0. The van der Waals surface area contributed by atoms with E-state index in [0.29, 0.717) is 0 Å². The molecule has 1 aromatic carbocycles. The van der Waals surface area contributed by atoms with E-state index in [4.69, 9.17) is 16.3 Å². The Morgan fingerprint density at radius 3 is 2.88 bits per heavy atom. The first-order chi connectivity index (χ1) is 7.84. The molecule has 1 fully saturated rings. The predicted molar refractivity (Wildman–Crippen MR) is 66.7 cm³/mol. The van der Waals surface area contributed by atoms with Crippen molar-refractivity contribution in [1.29, 1.82) is 0 Å². The van der Waals surface area contributed by atoms with Crippen LogP contribution in [0.5, 0.6) is 0 Å². The van der Waals surface area contributed by atoms with Crippen LogP contribution < -0.4 is 10.2 Å². The largest absolute Gasteiger partial charge is 0.384 e. The number of rotatable bonds is 1. The van der Waals surface area contributed by atoms with Gasteiger partial charge in [-0.15, -0.1) is 0 Å². The van der Waals surface area contributed by atoms with Crippen molar-refractivity contribution < 1.29 is 4.74 Å². The third kappa shape index (κ3) is 1.74. The molecule has 16 heavy (non-hydrogen) atoms. The van der Waals surface area contributed by atoms with E-state index in [0.717, 1.165) is 50.0 Å². The van der Waals surface area contributed by atoms with E-state index >= 15 is 0 Å². The Labute approximate surface area is 100 Å². The van der Waals surface area contributed by atoms with Crippen molar-refractivity contribution in [3.05, 3.63) is 22.7 Å². The molecular weight excluding hydrogens is 224 g/mol. The van der Waals surface area contributed by atoms with Crippen LogP contribution in [0.4, 0.5) is 11.4 Å². The van der Waals surface area contributed by atoms with Gasteiger partial charge < -0.3 is 15.0 Å². The second kappa shape index (κ2) is 4.15. The van der Waals surface area contributed by atoms with Crippen LogP contribution in [0.3, 0.4) is 0 Å². The number of benzene rings is 1. The summed E-state index contributed by atoms with van der Waals surface area (Å²) in [4.78, 5) is 2.30. The Balaban J connectivity index is 1.94. The molecule has 3 nitrogen and oxygen atoms in total. The number of nitrogens with zero attached hydrogens (tertiary/aromatic N) is 1. The normalized spacial score (nSPS) is 19.4. The molecule has 2 aliphatic rings. The van der Waals surface area contributed by atoms with Crippen LogP contribution in [-0.4, -0.2) is 32.8 Å². The van der Waals surface area contributed by atoms with E-state index in [1.54, 1.807) is 0 Å². The van der Waals surface area contributed by atoms with Crippen LogP contribution in [0, 0.1) is 0 Å². The SMILES string of the molecule is Clc1cc2c(cc1N1CCOCC1)NCC2. The molecule has 0 aliphatic carbocycles. The second-order valence-corrected chi connectivity index (χ2v) is 4.64. The third-order valence-electron chi connectivity index (χ3n) is 3.23. The van der Waals surface area contributed by atoms with Gasteiger partial charge in [-0.05, 0) is 24.1 Å². The number of ether oxygens (including phenoxy) is 1. The van der Waals surface area contributed by atoms with Crippen molar-refractivity contribution in [3.63, 3.8) is 0 Å². The zero-order valence-corrected chi connectivity index (χ0v) is 9.89. The molecule has 0 amide bonds. The Hall–Kier alpha value is -0.930. The summed E-state index contributed by atoms with van der Waals surface area (Å²) in [5, 5.41) is 4.26. The van der Waals surface area contributed by atoms with E-state index in [1.165, 1.54) is 11.3 Å². The maximum Gasteiger partial charge on any atom is 0.0643 e. The van der Waals surface area contributed by atoms with Gasteiger partial charge in [0.2, 0.25) is 0 Å². The van der Waals surface area contributed by atoms with Gasteiger partial charge in [0.25, 0.3) is 0 Å². The van der Waals surface area contributed by atoms with Gasteiger partial charge in [-0.1, -0.05) is 11.6 Å². The van der Waals surface area contributed by atoms with Crippen molar-refractivity contribution >= 4 is 23.0 Å². The van der Waals surface area contributed by atoms with Gasteiger partial charge in [0, 0.05) is 25.3 Å². The third-order valence-corrected chi connectivity index (χ3v) is 3.54. The summed E-state index contributed by atoms with van der Waals surface area (Å²) >= 11 is 6.33. The molecule has 1 N–H and O–H groups in total. The van der Waals surface area contributed by atoms with Crippen LogP contribution in [0.25, 0.3) is 0 Å². The Morgan fingerprint density at radius 2 is 2.06 bits per heavy atom. The highest BCUT2D eigenvalue weighted by Gasteiger charge is 2.18. The van der Waals surface area contributed by atoms with Gasteiger partial charge in [0.1, 0.15) is 0 Å². The summed E-state index contributed by atoms with van der Waals surface area (Å²) in [6.07, 6.45) is 1.08. The Bertz CT molecular complexity index is 402. The molecule has 0 bridgehead atoms. The summed E-state index contributed by atoms with van der Waals surface area (Å²) in [6.45, 7) is 4.47. The number of hydrogen-bond donors (Lipinski definition) is 1. The summed E-state index contributed by atoms with van der Waals surface area (Å²) in [5.41, 5.74) is 3.71. The molecule has 1 saturated heterocycles. The summed E-state index contributed by atoms with van der Waals surface area (Å²) in [5.74, 6) is 0. The molecule has 2 heterocycles. The maximum absolute atomic E-state index is 6.33. The lowest BCUT2D eigenvalue weighted by molar-refractivity contribution is 0.122. The molecule has 1 aromatic rings. The van der Waals surface area contributed by atoms with Crippen molar-refractivity contribution in [3.8, 4) is 0 Å². The quantitative estimate of drug-likeness (QED) is 0.812. The number of anilines is 2. The molecular formula is C12H15ClN2O. The molecule has 0 saturated carbocycles. The molecule has 0 spiro atoms.